The van der Waals surface area contributed by atoms with Crippen LogP contribution in [-0.2, 0) is 0 Å². The van der Waals surface area contributed by atoms with Crippen LogP contribution in [0.15, 0.2) is 186 Å². The Morgan fingerprint density at radius 1 is 0.360 bits per heavy atom. The summed E-state index contributed by atoms with van der Waals surface area (Å²) in [6, 6.07) is 65.0. The molecule has 2 heterocycles. The SMILES string of the molecule is c1cc(-c2ccc(-n3c4ccc5ccccc5c4c4ccc5ccccc5c43)cc2)cc(-c2ccc3c(c2)-c2cccc4cccc(c24)S3)c1. The van der Waals surface area contributed by atoms with Crippen LogP contribution in [0.25, 0.3) is 93.2 Å². The molecule has 232 valence electrons. The molecule has 1 aliphatic rings. The minimum absolute atomic E-state index is 1.16. The lowest BCUT2D eigenvalue weighted by atomic mass is 9.93. The second kappa shape index (κ2) is 10.7. The first kappa shape index (κ1) is 27.8. The molecule has 11 rings (SSSR count). The van der Waals surface area contributed by atoms with Gasteiger partial charge in [0.05, 0.1) is 11.0 Å². The second-order valence-electron chi connectivity index (χ2n) is 13.3. The molecule has 1 aliphatic heterocycles. The van der Waals surface area contributed by atoms with Crippen LogP contribution in [0.3, 0.4) is 0 Å². The maximum Gasteiger partial charge on any atom is 0.0619 e. The molecule has 1 aromatic heterocycles. The number of hydrogen-bond acceptors (Lipinski definition) is 1. The number of rotatable bonds is 3. The van der Waals surface area contributed by atoms with E-state index in [9.17, 15) is 0 Å². The van der Waals surface area contributed by atoms with E-state index in [0.29, 0.717) is 0 Å². The maximum atomic E-state index is 2.46. The lowest BCUT2D eigenvalue weighted by molar-refractivity contribution is 1.19. The highest BCUT2D eigenvalue weighted by Gasteiger charge is 2.20. The molecule has 0 radical (unpaired) electrons. The van der Waals surface area contributed by atoms with Gasteiger partial charge in [0.15, 0.2) is 0 Å². The number of hydrogen-bond donors (Lipinski definition) is 0. The van der Waals surface area contributed by atoms with Crippen molar-refractivity contribution in [2.45, 2.75) is 9.79 Å². The van der Waals surface area contributed by atoms with E-state index in [4.69, 9.17) is 0 Å². The van der Waals surface area contributed by atoms with Gasteiger partial charge in [0.1, 0.15) is 0 Å². The zero-order valence-electron chi connectivity index (χ0n) is 27.1. The van der Waals surface area contributed by atoms with Gasteiger partial charge in [0.25, 0.3) is 0 Å². The van der Waals surface area contributed by atoms with Gasteiger partial charge in [-0.05, 0) is 97.4 Å². The molecule has 9 aromatic carbocycles. The summed E-state index contributed by atoms with van der Waals surface area (Å²) in [4.78, 5) is 2.66. The Hall–Kier alpha value is -6.09. The molecule has 0 amide bonds. The molecule has 2 heteroatoms. The van der Waals surface area contributed by atoms with E-state index in [2.05, 4.69) is 180 Å². The Morgan fingerprint density at radius 2 is 1.02 bits per heavy atom. The first-order valence-electron chi connectivity index (χ1n) is 17.2. The quantitative estimate of drug-likeness (QED) is 0.184. The smallest absolute Gasteiger partial charge is 0.0619 e. The van der Waals surface area contributed by atoms with Gasteiger partial charge in [-0.2, -0.15) is 0 Å². The molecule has 0 unspecified atom stereocenters. The van der Waals surface area contributed by atoms with Gasteiger partial charge in [-0.3, -0.25) is 0 Å². The first-order chi connectivity index (χ1) is 24.8. The monoisotopic (exact) mass is 651 g/mol. The average Bonchev–Trinajstić information content (AvgIpc) is 3.54. The van der Waals surface area contributed by atoms with Crippen LogP contribution in [0.5, 0.6) is 0 Å². The number of nitrogens with zero attached hydrogens (tertiary/aromatic N) is 1. The van der Waals surface area contributed by atoms with Gasteiger partial charge in [-0.1, -0.05) is 145 Å². The molecule has 0 fully saturated rings. The number of aromatic nitrogens is 1. The average molecular weight is 652 g/mol. The molecular formula is C48H29NS. The summed E-state index contributed by atoms with van der Waals surface area (Å²) in [6.45, 7) is 0. The van der Waals surface area contributed by atoms with Gasteiger partial charge >= 0.3 is 0 Å². The Morgan fingerprint density at radius 3 is 1.88 bits per heavy atom. The van der Waals surface area contributed by atoms with Crippen molar-refractivity contribution in [3.8, 4) is 39.1 Å². The van der Waals surface area contributed by atoms with E-state index in [1.807, 2.05) is 11.8 Å². The highest BCUT2D eigenvalue weighted by molar-refractivity contribution is 7.99. The fraction of sp³-hybridized carbons (Fsp3) is 0. The molecule has 0 atom stereocenters. The zero-order chi connectivity index (χ0) is 32.8. The summed E-state index contributed by atoms with van der Waals surface area (Å²) in [6.07, 6.45) is 0. The molecule has 0 N–H and O–H groups in total. The highest BCUT2D eigenvalue weighted by Crippen LogP contribution is 2.49. The van der Waals surface area contributed by atoms with Crippen molar-refractivity contribution in [3.63, 3.8) is 0 Å². The van der Waals surface area contributed by atoms with Crippen molar-refractivity contribution in [2.75, 3.05) is 0 Å². The van der Waals surface area contributed by atoms with Crippen molar-refractivity contribution in [2.24, 2.45) is 0 Å². The van der Waals surface area contributed by atoms with Gasteiger partial charge in [-0.25, -0.2) is 0 Å². The van der Waals surface area contributed by atoms with Crippen LogP contribution >= 0.6 is 11.8 Å². The summed E-state index contributed by atoms with van der Waals surface area (Å²) < 4.78 is 2.46. The molecule has 50 heavy (non-hydrogen) atoms. The van der Waals surface area contributed by atoms with Gasteiger partial charge in [0.2, 0.25) is 0 Å². The fourth-order valence-electron chi connectivity index (χ4n) is 8.24. The maximum absolute atomic E-state index is 2.46. The molecule has 10 aromatic rings. The minimum Gasteiger partial charge on any atom is -0.309 e. The van der Waals surface area contributed by atoms with Gasteiger partial charge in [0, 0.05) is 37.0 Å². The summed E-state index contributed by atoms with van der Waals surface area (Å²) in [5, 5.41) is 10.3. The van der Waals surface area contributed by atoms with Crippen molar-refractivity contribution < 1.29 is 0 Å². The van der Waals surface area contributed by atoms with Crippen LogP contribution in [0.4, 0.5) is 0 Å². The summed E-state index contributed by atoms with van der Waals surface area (Å²) in [5.41, 5.74) is 11.2. The Bertz CT molecular complexity index is 3000. The Kier molecular flexibility index (Phi) is 5.96. The minimum atomic E-state index is 1.16. The predicted molar refractivity (Wildman–Crippen MR) is 214 cm³/mol. The second-order valence-corrected chi connectivity index (χ2v) is 14.4. The first-order valence-corrected chi connectivity index (χ1v) is 18.0. The van der Waals surface area contributed by atoms with Crippen LogP contribution in [0.1, 0.15) is 0 Å². The molecule has 0 spiro atoms. The van der Waals surface area contributed by atoms with Crippen LogP contribution in [0, 0.1) is 0 Å². The van der Waals surface area contributed by atoms with E-state index in [-0.39, 0.29) is 0 Å². The topological polar surface area (TPSA) is 4.93 Å². The molecule has 0 aliphatic carbocycles. The van der Waals surface area contributed by atoms with E-state index >= 15 is 0 Å². The Labute approximate surface area is 294 Å². The van der Waals surface area contributed by atoms with E-state index in [1.165, 1.54) is 97.3 Å². The highest BCUT2D eigenvalue weighted by atomic mass is 32.2. The van der Waals surface area contributed by atoms with E-state index in [1.54, 1.807) is 0 Å². The predicted octanol–water partition coefficient (Wildman–Crippen LogP) is 13.7. The lowest BCUT2D eigenvalue weighted by Crippen LogP contribution is -1.95. The number of benzene rings is 9. The van der Waals surface area contributed by atoms with Crippen molar-refractivity contribution >= 4 is 65.9 Å². The van der Waals surface area contributed by atoms with Crippen molar-refractivity contribution in [3.05, 3.63) is 176 Å². The molecule has 0 saturated heterocycles. The third kappa shape index (κ3) is 4.09. The van der Waals surface area contributed by atoms with E-state index < -0.39 is 0 Å². The van der Waals surface area contributed by atoms with Crippen LogP contribution in [-0.4, -0.2) is 4.57 Å². The van der Waals surface area contributed by atoms with Crippen molar-refractivity contribution in [1.29, 1.82) is 0 Å². The standard InChI is InChI=1S/C48H29NS/c1-3-14-38-31(8-1)21-26-43-47(38)41-25-20-32-9-2-4-15-39(32)48(41)49(43)37-23-18-30(19-24-37)34-12-5-13-35(28-34)36-22-27-44-42(29-36)40-16-6-10-33-11-7-17-45(50-44)46(33)40/h1-29H. The zero-order valence-corrected chi connectivity index (χ0v) is 27.9. The largest absolute Gasteiger partial charge is 0.309 e. The third-order valence-electron chi connectivity index (χ3n) is 10.6. The van der Waals surface area contributed by atoms with Crippen molar-refractivity contribution in [1.82, 2.24) is 4.57 Å². The summed E-state index contributed by atoms with van der Waals surface area (Å²) in [5.74, 6) is 0. The normalized spacial score (nSPS) is 12.3. The Balaban J connectivity index is 1.03. The van der Waals surface area contributed by atoms with E-state index in [0.717, 1.165) is 5.69 Å². The molecule has 0 saturated carbocycles. The molecule has 1 nitrogen and oxygen atoms in total. The van der Waals surface area contributed by atoms with Gasteiger partial charge < -0.3 is 4.57 Å². The summed E-state index contributed by atoms with van der Waals surface area (Å²) >= 11 is 1.88. The lowest BCUT2D eigenvalue weighted by Gasteiger charge is -2.21. The van der Waals surface area contributed by atoms with Crippen LogP contribution < -0.4 is 0 Å². The van der Waals surface area contributed by atoms with Gasteiger partial charge in [-0.15, -0.1) is 0 Å². The fourth-order valence-corrected chi connectivity index (χ4v) is 9.37. The van der Waals surface area contributed by atoms with Crippen LogP contribution in [0.2, 0.25) is 0 Å². The molecular weight excluding hydrogens is 623 g/mol. The number of fused-ring (bicyclic) bond motifs is 9. The third-order valence-corrected chi connectivity index (χ3v) is 11.7. The summed E-state index contributed by atoms with van der Waals surface area (Å²) in [7, 11) is 0. The molecule has 0 bridgehead atoms.